The first-order valence-corrected chi connectivity index (χ1v) is 7.41. The fraction of sp³-hybridized carbons (Fsp3) is 0.400. The Morgan fingerprint density at radius 3 is 2.61 bits per heavy atom. The van der Waals surface area contributed by atoms with Gasteiger partial charge in [-0.2, -0.15) is 0 Å². The fourth-order valence-electron chi connectivity index (χ4n) is 1.89. The summed E-state index contributed by atoms with van der Waals surface area (Å²) in [4.78, 5) is 4.64. The molecule has 1 aromatic heterocycles. The molecule has 0 radical (unpaired) electrons. The molecule has 0 unspecified atom stereocenters. The molecule has 1 aromatic carbocycles. The number of unbranched alkanes of at least 4 members (excludes halogenated alkanes) is 3. The van der Waals surface area contributed by atoms with Crippen molar-refractivity contribution in [2.75, 3.05) is 0 Å². The number of aromatic hydroxyl groups is 1. The Bertz CT molecular complexity index is 475. The molecule has 0 amide bonds. The zero-order valence-corrected chi connectivity index (χ0v) is 11.5. The SMILES string of the molecule is CCCCCCc1csc(-c2ccc(O)cc2)n1. The predicted octanol–water partition coefficient (Wildman–Crippen LogP) is 4.64. The lowest BCUT2D eigenvalue weighted by Gasteiger charge is -1.97. The molecule has 2 aromatic rings. The van der Waals surface area contributed by atoms with E-state index in [0.29, 0.717) is 5.75 Å². The highest BCUT2D eigenvalue weighted by molar-refractivity contribution is 7.13. The quantitative estimate of drug-likeness (QED) is 0.768. The minimum Gasteiger partial charge on any atom is -0.508 e. The van der Waals surface area contributed by atoms with Gasteiger partial charge in [0, 0.05) is 10.9 Å². The van der Waals surface area contributed by atoms with E-state index in [0.717, 1.165) is 17.0 Å². The van der Waals surface area contributed by atoms with Gasteiger partial charge in [0.1, 0.15) is 10.8 Å². The second-order valence-electron chi connectivity index (χ2n) is 4.50. The van der Waals surface area contributed by atoms with Crippen LogP contribution in [0.5, 0.6) is 5.75 Å². The highest BCUT2D eigenvalue weighted by Crippen LogP contribution is 2.25. The maximum absolute atomic E-state index is 9.26. The van der Waals surface area contributed by atoms with E-state index in [9.17, 15) is 5.11 Å². The van der Waals surface area contributed by atoms with Crippen molar-refractivity contribution < 1.29 is 5.11 Å². The van der Waals surface area contributed by atoms with Crippen LogP contribution in [0.25, 0.3) is 10.6 Å². The van der Waals surface area contributed by atoms with Crippen molar-refractivity contribution in [3.8, 4) is 16.3 Å². The van der Waals surface area contributed by atoms with Crippen molar-refractivity contribution in [1.29, 1.82) is 0 Å². The zero-order valence-electron chi connectivity index (χ0n) is 10.7. The topological polar surface area (TPSA) is 33.1 Å². The van der Waals surface area contributed by atoms with Crippen molar-refractivity contribution >= 4 is 11.3 Å². The minimum absolute atomic E-state index is 0.301. The molecule has 0 fully saturated rings. The summed E-state index contributed by atoms with van der Waals surface area (Å²) >= 11 is 1.68. The van der Waals surface area contributed by atoms with Crippen LogP contribution in [0.15, 0.2) is 29.6 Å². The average molecular weight is 261 g/mol. The van der Waals surface area contributed by atoms with Crippen LogP contribution in [0.2, 0.25) is 0 Å². The molecule has 0 aliphatic rings. The number of rotatable bonds is 6. The highest BCUT2D eigenvalue weighted by Gasteiger charge is 2.04. The maximum atomic E-state index is 9.26. The molecule has 3 heteroatoms. The summed E-state index contributed by atoms with van der Waals surface area (Å²) in [5, 5.41) is 12.4. The van der Waals surface area contributed by atoms with Gasteiger partial charge in [0.2, 0.25) is 0 Å². The normalized spacial score (nSPS) is 10.7. The van der Waals surface area contributed by atoms with E-state index in [4.69, 9.17) is 0 Å². The molecule has 0 atom stereocenters. The molecule has 1 heterocycles. The Balaban J connectivity index is 1.95. The van der Waals surface area contributed by atoms with Crippen molar-refractivity contribution in [2.24, 2.45) is 0 Å². The van der Waals surface area contributed by atoms with Crippen molar-refractivity contribution in [3.63, 3.8) is 0 Å². The minimum atomic E-state index is 0.301. The first kappa shape index (κ1) is 13.1. The number of hydrogen-bond acceptors (Lipinski definition) is 3. The first-order valence-electron chi connectivity index (χ1n) is 6.53. The summed E-state index contributed by atoms with van der Waals surface area (Å²) in [6, 6.07) is 7.24. The number of aryl methyl sites for hydroxylation is 1. The van der Waals surface area contributed by atoms with E-state index in [1.54, 1.807) is 23.5 Å². The van der Waals surface area contributed by atoms with Crippen LogP contribution in [0.3, 0.4) is 0 Å². The van der Waals surface area contributed by atoms with Crippen LogP contribution >= 0.6 is 11.3 Å². The Kier molecular flexibility index (Phi) is 4.76. The molecule has 0 saturated heterocycles. The molecule has 2 rings (SSSR count). The van der Waals surface area contributed by atoms with Crippen LogP contribution in [0, 0.1) is 0 Å². The Hall–Kier alpha value is -1.35. The van der Waals surface area contributed by atoms with E-state index in [1.807, 2.05) is 12.1 Å². The standard InChI is InChI=1S/C15H19NOS/c1-2-3-4-5-6-13-11-18-15(16-13)12-7-9-14(17)10-8-12/h7-11,17H,2-6H2,1H3. The number of aromatic nitrogens is 1. The molecular formula is C15H19NOS. The van der Waals surface area contributed by atoms with Crippen LogP contribution in [-0.4, -0.2) is 10.1 Å². The van der Waals surface area contributed by atoms with Crippen LogP contribution < -0.4 is 0 Å². The van der Waals surface area contributed by atoms with Gasteiger partial charge in [-0.25, -0.2) is 4.98 Å². The van der Waals surface area contributed by atoms with E-state index in [2.05, 4.69) is 17.3 Å². The van der Waals surface area contributed by atoms with E-state index in [1.165, 1.54) is 31.4 Å². The maximum Gasteiger partial charge on any atom is 0.123 e. The molecule has 2 nitrogen and oxygen atoms in total. The molecular weight excluding hydrogens is 242 g/mol. The van der Waals surface area contributed by atoms with Crippen molar-refractivity contribution in [3.05, 3.63) is 35.3 Å². The van der Waals surface area contributed by atoms with Gasteiger partial charge < -0.3 is 5.11 Å². The van der Waals surface area contributed by atoms with Gasteiger partial charge in [-0.3, -0.25) is 0 Å². The summed E-state index contributed by atoms with van der Waals surface area (Å²) in [6.07, 6.45) is 6.19. The van der Waals surface area contributed by atoms with E-state index < -0.39 is 0 Å². The molecule has 0 saturated carbocycles. The third-order valence-corrected chi connectivity index (χ3v) is 3.89. The number of thiazole rings is 1. The molecule has 0 aliphatic heterocycles. The van der Waals surface area contributed by atoms with Gasteiger partial charge in [-0.05, 0) is 37.1 Å². The van der Waals surface area contributed by atoms with Gasteiger partial charge in [-0.1, -0.05) is 26.2 Å². The second-order valence-corrected chi connectivity index (χ2v) is 5.36. The smallest absolute Gasteiger partial charge is 0.123 e. The number of phenols is 1. The number of benzene rings is 1. The van der Waals surface area contributed by atoms with Crippen molar-refractivity contribution in [1.82, 2.24) is 4.98 Å². The van der Waals surface area contributed by atoms with Gasteiger partial charge in [0.05, 0.1) is 5.69 Å². The Morgan fingerprint density at radius 2 is 1.89 bits per heavy atom. The number of phenolic OH excluding ortho intramolecular Hbond substituents is 1. The average Bonchev–Trinajstić information content (AvgIpc) is 2.84. The predicted molar refractivity (Wildman–Crippen MR) is 77.1 cm³/mol. The highest BCUT2D eigenvalue weighted by atomic mass is 32.1. The lowest BCUT2D eigenvalue weighted by atomic mass is 10.1. The molecule has 1 N–H and O–H groups in total. The molecule has 96 valence electrons. The first-order chi connectivity index (χ1) is 8.79. The summed E-state index contributed by atoms with van der Waals surface area (Å²) in [5.41, 5.74) is 2.27. The largest absolute Gasteiger partial charge is 0.508 e. The van der Waals surface area contributed by atoms with E-state index in [-0.39, 0.29) is 0 Å². The van der Waals surface area contributed by atoms with Crippen LogP contribution in [-0.2, 0) is 6.42 Å². The van der Waals surface area contributed by atoms with Crippen molar-refractivity contribution in [2.45, 2.75) is 39.0 Å². The Morgan fingerprint density at radius 1 is 1.11 bits per heavy atom. The Labute approximate surface area is 112 Å². The van der Waals surface area contributed by atoms with E-state index >= 15 is 0 Å². The van der Waals surface area contributed by atoms with Gasteiger partial charge in [0.25, 0.3) is 0 Å². The second kappa shape index (κ2) is 6.55. The third-order valence-electron chi connectivity index (χ3n) is 2.95. The summed E-state index contributed by atoms with van der Waals surface area (Å²) in [6.45, 7) is 2.23. The van der Waals surface area contributed by atoms with Gasteiger partial charge in [0.15, 0.2) is 0 Å². The molecule has 0 aliphatic carbocycles. The monoisotopic (exact) mass is 261 g/mol. The lowest BCUT2D eigenvalue weighted by Crippen LogP contribution is -1.86. The summed E-state index contributed by atoms with van der Waals surface area (Å²) in [7, 11) is 0. The zero-order chi connectivity index (χ0) is 12.8. The molecule has 0 spiro atoms. The number of hydrogen-bond donors (Lipinski definition) is 1. The molecule has 0 bridgehead atoms. The summed E-state index contributed by atoms with van der Waals surface area (Å²) in [5.74, 6) is 0.301. The lowest BCUT2D eigenvalue weighted by molar-refractivity contribution is 0.475. The molecule has 18 heavy (non-hydrogen) atoms. The summed E-state index contributed by atoms with van der Waals surface area (Å²) < 4.78 is 0. The van der Waals surface area contributed by atoms with Gasteiger partial charge in [-0.15, -0.1) is 11.3 Å². The third kappa shape index (κ3) is 3.57. The number of nitrogens with zero attached hydrogens (tertiary/aromatic N) is 1. The van der Waals surface area contributed by atoms with Crippen LogP contribution in [0.1, 0.15) is 38.3 Å². The van der Waals surface area contributed by atoms with Gasteiger partial charge >= 0.3 is 0 Å². The van der Waals surface area contributed by atoms with Crippen LogP contribution in [0.4, 0.5) is 0 Å². The fourth-order valence-corrected chi connectivity index (χ4v) is 2.75.